The Hall–Kier alpha value is -0.930. The van der Waals surface area contributed by atoms with E-state index in [9.17, 15) is 4.39 Å². The first-order valence-electron chi connectivity index (χ1n) is 7.91. The van der Waals surface area contributed by atoms with Gasteiger partial charge in [0.05, 0.1) is 0 Å². The summed E-state index contributed by atoms with van der Waals surface area (Å²) in [5, 5.41) is 3.44. The molecule has 1 N–H and O–H groups in total. The Labute approximate surface area is 129 Å². The number of halogens is 1. The Morgan fingerprint density at radius 2 is 1.86 bits per heavy atom. The lowest BCUT2D eigenvalue weighted by Gasteiger charge is -2.32. The summed E-state index contributed by atoms with van der Waals surface area (Å²) in [6.45, 7) is 13.8. The summed E-state index contributed by atoms with van der Waals surface area (Å²) < 4.78 is 14.1. The topological polar surface area (TPSA) is 15.3 Å². The van der Waals surface area contributed by atoms with Crippen LogP contribution in [0.3, 0.4) is 0 Å². The summed E-state index contributed by atoms with van der Waals surface area (Å²) in [4.78, 5) is 2.34. The smallest absolute Gasteiger partial charge is 0.127 e. The molecule has 120 valence electrons. The zero-order valence-electron chi connectivity index (χ0n) is 14.4. The molecule has 0 heterocycles. The fourth-order valence-electron chi connectivity index (χ4n) is 3.04. The molecule has 0 aliphatic heterocycles. The molecule has 1 aromatic carbocycles. The standard InChI is InChI=1S/C18H31FN2/c1-7-20-17(15-10-8-9-11-16(15)19)14(2)12-21(6)13-18(3,4)5/h8-11,14,17,20H,7,12-13H2,1-6H3. The first-order valence-corrected chi connectivity index (χ1v) is 7.91. The molecule has 0 aromatic heterocycles. The van der Waals surface area contributed by atoms with Gasteiger partial charge in [-0.1, -0.05) is 52.8 Å². The largest absolute Gasteiger partial charge is 0.310 e. The van der Waals surface area contributed by atoms with Gasteiger partial charge >= 0.3 is 0 Å². The average molecular weight is 294 g/mol. The summed E-state index contributed by atoms with van der Waals surface area (Å²) in [7, 11) is 2.14. The fourth-order valence-corrected chi connectivity index (χ4v) is 3.04. The molecule has 0 radical (unpaired) electrons. The van der Waals surface area contributed by atoms with Gasteiger partial charge in [0, 0.05) is 24.7 Å². The highest BCUT2D eigenvalue weighted by Gasteiger charge is 2.23. The monoisotopic (exact) mass is 294 g/mol. The van der Waals surface area contributed by atoms with Crippen molar-refractivity contribution >= 4 is 0 Å². The summed E-state index contributed by atoms with van der Waals surface area (Å²) in [6, 6.07) is 7.15. The van der Waals surface area contributed by atoms with Crippen molar-refractivity contribution in [3.05, 3.63) is 35.6 Å². The number of hydrogen-bond donors (Lipinski definition) is 1. The predicted molar refractivity (Wildman–Crippen MR) is 88.9 cm³/mol. The molecule has 21 heavy (non-hydrogen) atoms. The Kier molecular flexibility index (Phi) is 6.82. The van der Waals surface area contributed by atoms with Crippen LogP contribution in [0.15, 0.2) is 24.3 Å². The van der Waals surface area contributed by atoms with Gasteiger partial charge in [0.25, 0.3) is 0 Å². The quantitative estimate of drug-likeness (QED) is 0.815. The molecule has 2 nitrogen and oxygen atoms in total. The molecule has 2 unspecified atom stereocenters. The number of rotatable bonds is 7. The molecule has 0 fully saturated rings. The van der Waals surface area contributed by atoms with Crippen molar-refractivity contribution in [3.63, 3.8) is 0 Å². The minimum absolute atomic E-state index is 0.0543. The van der Waals surface area contributed by atoms with Crippen LogP contribution in [-0.4, -0.2) is 31.6 Å². The van der Waals surface area contributed by atoms with Crippen LogP contribution >= 0.6 is 0 Å². The Morgan fingerprint density at radius 3 is 2.38 bits per heavy atom. The van der Waals surface area contributed by atoms with Gasteiger partial charge in [0.1, 0.15) is 5.82 Å². The Bertz CT molecular complexity index is 425. The van der Waals surface area contributed by atoms with Gasteiger partial charge in [-0.15, -0.1) is 0 Å². The van der Waals surface area contributed by atoms with Crippen LogP contribution in [0.25, 0.3) is 0 Å². The summed E-state index contributed by atoms with van der Waals surface area (Å²) >= 11 is 0. The van der Waals surface area contributed by atoms with Gasteiger partial charge in [0.15, 0.2) is 0 Å². The molecule has 0 saturated carbocycles. The van der Waals surface area contributed by atoms with E-state index in [0.29, 0.717) is 5.92 Å². The van der Waals surface area contributed by atoms with Crippen LogP contribution in [0.4, 0.5) is 4.39 Å². The van der Waals surface area contributed by atoms with Gasteiger partial charge in [0.2, 0.25) is 0 Å². The molecule has 0 spiro atoms. The number of nitrogens with one attached hydrogen (secondary N) is 1. The first-order chi connectivity index (χ1) is 9.74. The SMILES string of the molecule is CCNC(c1ccccc1F)C(C)CN(C)CC(C)(C)C. The maximum Gasteiger partial charge on any atom is 0.127 e. The average Bonchev–Trinajstić information content (AvgIpc) is 2.34. The van der Waals surface area contributed by atoms with Crippen molar-refractivity contribution in [2.45, 2.75) is 40.7 Å². The van der Waals surface area contributed by atoms with E-state index in [4.69, 9.17) is 0 Å². The molecule has 3 heteroatoms. The first kappa shape index (κ1) is 18.1. The maximum absolute atomic E-state index is 14.1. The van der Waals surface area contributed by atoms with E-state index in [-0.39, 0.29) is 17.3 Å². The predicted octanol–water partition coefficient (Wildman–Crippen LogP) is 4.09. The molecule has 0 amide bonds. The van der Waals surface area contributed by atoms with Crippen LogP contribution in [0.5, 0.6) is 0 Å². The lowest BCUT2D eigenvalue weighted by Crippen LogP contribution is -2.37. The van der Waals surface area contributed by atoms with Gasteiger partial charge in [-0.3, -0.25) is 0 Å². The molecule has 0 bridgehead atoms. The highest BCUT2D eigenvalue weighted by molar-refractivity contribution is 5.22. The normalized spacial score (nSPS) is 15.2. The summed E-state index contributed by atoms with van der Waals surface area (Å²) in [5.41, 5.74) is 1.05. The molecule has 1 rings (SSSR count). The van der Waals surface area contributed by atoms with Gasteiger partial charge in [-0.05, 0) is 31.0 Å². The number of benzene rings is 1. The lowest BCUT2D eigenvalue weighted by atomic mass is 9.92. The van der Waals surface area contributed by atoms with E-state index < -0.39 is 0 Å². The second kappa shape index (κ2) is 7.90. The minimum atomic E-state index is -0.117. The minimum Gasteiger partial charge on any atom is -0.310 e. The van der Waals surface area contributed by atoms with Crippen molar-refractivity contribution in [1.82, 2.24) is 10.2 Å². The Morgan fingerprint density at radius 1 is 1.24 bits per heavy atom. The van der Waals surface area contributed by atoms with Gasteiger partial charge in [-0.2, -0.15) is 0 Å². The zero-order chi connectivity index (χ0) is 16.0. The van der Waals surface area contributed by atoms with Crippen LogP contribution in [-0.2, 0) is 0 Å². The third kappa shape index (κ3) is 6.15. The van der Waals surface area contributed by atoms with E-state index >= 15 is 0 Å². The van der Waals surface area contributed by atoms with Gasteiger partial charge in [-0.25, -0.2) is 4.39 Å². The second-order valence-corrected chi connectivity index (χ2v) is 7.29. The van der Waals surface area contributed by atoms with Crippen molar-refractivity contribution in [2.75, 3.05) is 26.7 Å². The number of nitrogens with zero attached hydrogens (tertiary/aromatic N) is 1. The van der Waals surface area contributed by atoms with E-state index in [1.165, 1.54) is 0 Å². The third-order valence-electron chi connectivity index (χ3n) is 3.58. The third-order valence-corrected chi connectivity index (χ3v) is 3.58. The molecule has 2 atom stereocenters. The van der Waals surface area contributed by atoms with Crippen LogP contribution in [0.1, 0.15) is 46.2 Å². The Balaban J connectivity index is 2.79. The number of hydrogen-bond acceptors (Lipinski definition) is 2. The zero-order valence-corrected chi connectivity index (χ0v) is 14.4. The molecule has 0 aliphatic rings. The van der Waals surface area contributed by atoms with Crippen molar-refractivity contribution < 1.29 is 4.39 Å². The van der Waals surface area contributed by atoms with Crippen LogP contribution in [0, 0.1) is 17.2 Å². The molecular weight excluding hydrogens is 263 g/mol. The van der Waals surface area contributed by atoms with Gasteiger partial charge < -0.3 is 10.2 Å². The second-order valence-electron chi connectivity index (χ2n) is 7.29. The van der Waals surface area contributed by atoms with Crippen LogP contribution in [0.2, 0.25) is 0 Å². The van der Waals surface area contributed by atoms with Crippen LogP contribution < -0.4 is 5.32 Å². The molecular formula is C18H31FN2. The van der Waals surface area contributed by atoms with E-state index in [0.717, 1.165) is 25.2 Å². The lowest BCUT2D eigenvalue weighted by molar-refractivity contribution is 0.186. The van der Waals surface area contributed by atoms with Crippen molar-refractivity contribution in [1.29, 1.82) is 0 Å². The van der Waals surface area contributed by atoms with Crippen molar-refractivity contribution in [3.8, 4) is 0 Å². The molecule has 0 aliphatic carbocycles. The summed E-state index contributed by atoms with van der Waals surface area (Å²) in [6.07, 6.45) is 0. The van der Waals surface area contributed by atoms with E-state index in [2.05, 4.69) is 51.9 Å². The molecule has 1 aromatic rings. The highest BCUT2D eigenvalue weighted by Crippen LogP contribution is 2.25. The maximum atomic E-state index is 14.1. The fraction of sp³-hybridized carbons (Fsp3) is 0.667. The molecule has 0 saturated heterocycles. The van der Waals surface area contributed by atoms with E-state index in [1.807, 2.05) is 12.1 Å². The highest BCUT2D eigenvalue weighted by atomic mass is 19.1. The summed E-state index contributed by atoms with van der Waals surface area (Å²) in [5.74, 6) is 0.225. The van der Waals surface area contributed by atoms with Crippen molar-refractivity contribution in [2.24, 2.45) is 11.3 Å². The van der Waals surface area contributed by atoms with E-state index in [1.54, 1.807) is 12.1 Å².